The van der Waals surface area contributed by atoms with Gasteiger partial charge in [-0.15, -0.1) is 0 Å². The molecule has 0 saturated carbocycles. The van der Waals surface area contributed by atoms with Crippen LogP contribution in [0.1, 0.15) is 11.1 Å². The minimum absolute atomic E-state index is 0.0511. The number of anilines is 1. The molecule has 2 aromatic rings. The van der Waals surface area contributed by atoms with Gasteiger partial charge in [0.25, 0.3) is 5.24 Å². The van der Waals surface area contributed by atoms with E-state index < -0.39 is 5.25 Å². The summed E-state index contributed by atoms with van der Waals surface area (Å²) in [6.45, 7) is 0. The minimum atomic E-state index is -0.495. The van der Waals surface area contributed by atoms with Gasteiger partial charge in [-0.3, -0.25) is 19.7 Å². The van der Waals surface area contributed by atoms with Crippen molar-refractivity contribution >= 4 is 34.5 Å². The van der Waals surface area contributed by atoms with Crippen LogP contribution in [0.15, 0.2) is 48.5 Å². The molecule has 0 radical (unpaired) electrons. The predicted molar refractivity (Wildman–Crippen MR) is 95.5 cm³/mol. The highest BCUT2D eigenvalue weighted by molar-refractivity contribution is 8.15. The molecule has 1 unspecified atom stereocenters. The lowest BCUT2D eigenvalue weighted by atomic mass is 10.1. The average Bonchev–Trinajstić information content (AvgIpc) is 2.89. The number of amides is 3. The van der Waals surface area contributed by atoms with Gasteiger partial charge in [-0.25, -0.2) is 0 Å². The number of carbonyl (C=O) groups excluding carboxylic acids is 3. The normalized spacial score (nSPS) is 16.6. The van der Waals surface area contributed by atoms with Gasteiger partial charge in [-0.05, 0) is 29.7 Å². The second-order valence-electron chi connectivity index (χ2n) is 5.65. The molecule has 6 nitrogen and oxygen atoms in total. The Morgan fingerprint density at radius 2 is 1.88 bits per heavy atom. The van der Waals surface area contributed by atoms with Crippen LogP contribution >= 0.6 is 11.8 Å². The molecule has 2 aromatic carbocycles. The highest BCUT2D eigenvalue weighted by Crippen LogP contribution is 2.28. The zero-order valence-corrected chi connectivity index (χ0v) is 14.0. The van der Waals surface area contributed by atoms with E-state index in [2.05, 4.69) is 10.6 Å². The second kappa shape index (κ2) is 7.40. The Bertz CT molecular complexity index is 823. The average molecular weight is 356 g/mol. The van der Waals surface area contributed by atoms with Crippen molar-refractivity contribution in [2.45, 2.75) is 18.1 Å². The summed E-state index contributed by atoms with van der Waals surface area (Å²) < 4.78 is 0. The fraction of sp³-hybridized carbons (Fsp3) is 0.167. The molecule has 0 spiro atoms. The monoisotopic (exact) mass is 356 g/mol. The smallest absolute Gasteiger partial charge is 0.286 e. The molecule has 1 fully saturated rings. The number of phenolic OH excluding ortho intramolecular Hbond substituents is 1. The van der Waals surface area contributed by atoms with Crippen LogP contribution in [0.2, 0.25) is 0 Å². The number of aromatic hydroxyl groups is 1. The standard InChI is InChI=1S/C18H16N2O4S/c21-14-7-6-12(9-15-17(23)20-18(24)25-15)8-13(14)19-16(22)10-11-4-2-1-3-5-11/h1-8,15,21H,9-10H2,(H,19,22)(H,20,23,24). The van der Waals surface area contributed by atoms with Gasteiger partial charge in [0, 0.05) is 0 Å². The van der Waals surface area contributed by atoms with Gasteiger partial charge >= 0.3 is 0 Å². The van der Waals surface area contributed by atoms with Crippen LogP contribution in [0.4, 0.5) is 10.5 Å². The number of hydrogen-bond acceptors (Lipinski definition) is 5. The van der Waals surface area contributed by atoms with Crippen molar-refractivity contribution in [3.63, 3.8) is 0 Å². The number of phenols is 1. The van der Waals surface area contributed by atoms with Crippen LogP contribution in [0.3, 0.4) is 0 Å². The number of hydrogen-bond donors (Lipinski definition) is 3. The van der Waals surface area contributed by atoms with E-state index in [1.807, 2.05) is 30.3 Å². The topological polar surface area (TPSA) is 95.5 Å². The van der Waals surface area contributed by atoms with Crippen LogP contribution in [0, 0.1) is 0 Å². The summed E-state index contributed by atoms with van der Waals surface area (Å²) in [4.78, 5) is 35.0. The van der Waals surface area contributed by atoms with Gasteiger partial charge in [0.1, 0.15) is 5.75 Å². The van der Waals surface area contributed by atoms with Crippen molar-refractivity contribution in [2.24, 2.45) is 0 Å². The number of benzene rings is 2. The second-order valence-corrected chi connectivity index (χ2v) is 6.82. The van der Waals surface area contributed by atoms with Crippen molar-refractivity contribution in [2.75, 3.05) is 5.32 Å². The molecule has 0 bridgehead atoms. The lowest BCUT2D eigenvalue weighted by Crippen LogP contribution is -2.25. The van der Waals surface area contributed by atoms with E-state index in [0.29, 0.717) is 6.42 Å². The molecule has 3 N–H and O–H groups in total. The maximum absolute atomic E-state index is 12.1. The fourth-order valence-electron chi connectivity index (χ4n) is 2.53. The van der Waals surface area contributed by atoms with Gasteiger partial charge in [0.05, 0.1) is 17.4 Å². The number of nitrogens with one attached hydrogen (secondary N) is 2. The van der Waals surface area contributed by atoms with Crippen LogP contribution in [-0.2, 0) is 22.4 Å². The summed E-state index contributed by atoms with van der Waals surface area (Å²) in [5.41, 5.74) is 1.90. The molecule has 128 valence electrons. The molecule has 1 aliphatic rings. The minimum Gasteiger partial charge on any atom is -0.506 e. The fourth-order valence-corrected chi connectivity index (χ4v) is 3.39. The Balaban J connectivity index is 1.68. The molecule has 1 saturated heterocycles. The van der Waals surface area contributed by atoms with E-state index in [0.717, 1.165) is 22.9 Å². The first-order valence-corrected chi connectivity index (χ1v) is 8.56. The first-order valence-electron chi connectivity index (χ1n) is 7.68. The lowest BCUT2D eigenvalue weighted by Gasteiger charge is -2.11. The molecule has 25 heavy (non-hydrogen) atoms. The van der Waals surface area contributed by atoms with Gasteiger partial charge in [-0.2, -0.15) is 0 Å². The Kier molecular flexibility index (Phi) is 5.04. The maximum Gasteiger partial charge on any atom is 0.286 e. The molecule has 0 aromatic heterocycles. The number of imide groups is 1. The zero-order chi connectivity index (χ0) is 17.8. The van der Waals surface area contributed by atoms with E-state index in [-0.39, 0.29) is 34.9 Å². The van der Waals surface area contributed by atoms with Crippen LogP contribution in [-0.4, -0.2) is 27.4 Å². The Morgan fingerprint density at radius 3 is 2.56 bits per heavy atom. The third kappa shape index (κ3) is 4.39. The largest absolute Gasteiger partial charge is 0.506 e. The van der Waals surface area contributed by atoms with Gasteiger partial charge in [-0.1, -0.05) is 48.2 Å². The molecule has 1 atom stereocenters. The van der Waals surface area contributed by atoms with E-state index in [1.54, 1.807) is 12.1 Å². The van der Waals surface area contributed by atoms with Crippen LogP contribution in [0.5, 0.6) is 5.75 Å². The molecule has 1 heterocycles. The SMILES string of the molecule is O=C(Cc1ccccc1)Nc1cc(CC2SC(=O)NC2=O)ccc1O. The third-order valence-electron chi connectivity index (χ3n) is 3.73. The van der Waals surface area contributed by atoms with Crippen molar-refractivity contribution in [1.82, 2.24) is 5.32 Å². The van der Waals surface area contributed by atoms with Crippen molar-refractivity contribution < 1.29 is 19.5 Å². The van der Waals surface area contributed by atoms with Crippen LogP contribution in [0.25, 0.3) is 0 Å². The van der Waals surface area contributed by atoms with Crippen molar-refractivity contribution in [3.8, 4) is 5.75 Å². The van der Waals surface area contributed by atoms with Gasteiger partial charge in [0.15, 0.2) is 0 Å². The third-order valence-corrected chi connectivity index (χ3v) is 4.71. The summed E-state index contributed by atoms with van der Waals surface area (Å²) in [6.07, 6.45) is 0.532. The van der Waals surface area contributed by atoms with Gasteiger partial charge < -0.3 is 10.4 Å². The molecule has 3 amide bonds. The highest BCUT2D eigenvalue weighted by atomic mass is 32.2. The van der Waals surface area contributed by atoms with E-state index in [1.165, 1.54) is 6.07 Å². The quantitative estimate of drug-likeness (QED) is 0.715. The summed E-state index contributed by atoms with van der Waals surface area (Å²) in [7, 11) is 0. The molecular weight excluding hydrogens is 340 g/mol. The zero-order valence-electron chi connectivity index (χ0n) is 13.2. The van der Waals surface area contributed by atoms with E-state index in [4.69, 9.17) is 0 Å². The number of thioether (sulfide) groups is 1. The summed E-state index contributed by atoms with van der Waals surface area (Å²) in [5.74, 6) is -0.621. The summed E-state index contributed by atoms with van der Waals surface area (Å²) >= 11 is 0.945. The first kappa shape index (κ1) is 17.0. The molecule has 1 aliphatic heterocycles. The Hall–Kier alpha value is -2.80. The van der Waals surface area contributed by atoms with Crippen LogP contribution < -0.4 is 10.6 Å². The molecular formula is C18H16N2O4S. The lowest BCUT2D eigenvalue weighted by molar-refractivity contribution is -0.119. The summed E-state index contributed by atoms with van der Waals surface area (Å²) in [6, 6.07) is 14.0. The molecule has 0 aliphatic carbocycles. The molecule has 7 heteroatoms. The summed E-state index contributed by atoms with van der Waals surface area (Å²) in [5, 5.41) is 14.0. The van der Waals surface area contributed by atoms with E-state index in [9.17, 15) is 19.5 Å². The molecule has 3 rings (SSSR count). The van der Waals surface area contributed by atoms with Crippen molar-refractivity contribution in [3.05, 3.63) is 59.7 Å². The maximum atomic E-state index is 12.1. The Labute approximate surface area is 148 Å². The van der Waals surface area contributed by atoms with Crippen molar-refractivity contribution in [1.29, 1.82) is 0 Å². The predicted octanol–water partition coefficient (Wildman–Crippen LogP) is 2.47. The van der Waals surface area contributed by atoms with E-state index >= 15 is 0 Å². The highest BCUT2D eigenvalue weighted by Gasteiger charge is 2.31. The number of carbonyl (C=O) groups is 3. The first-order chi connectivity index (χ1) is 12.0. The van der Waals surface area contributed by atoms with Gasteiger partial charge in [0.2, 0.25) is 11.8 Å². The number of rotatable bonds is 5. The Morgan fingerprint density at radius 1 is 1.12 bits per heavy atom.